The van der Waals surface area contributed by atoms with Gasteiger partial charge >= 0.3 is 0 Å². The number of aromatic nitrogens is 3. The average molecular weight is 214 g/mol. The van der Waals surface area contributed by atoms with Gasteiger partial charge in [-0.2, -0.15) is 10.1 Å². The van der Waals surface area contributed by atoms with Crippen LogP contribution in [0.15, 0.2) is 30.6 Å². The Bertz CT molecular complexity index is 486. The van der Waals surface area contributed by atoms with Gasteiger partial charge in [0.15, 0.2) is 0 Å². The molecule has 0 saturated heterocycles. The van der Waals surface area contributed by atoms with Crippen LogP contribution in [0, 0.1) is 6.92 Å². The van der Waals surface area contributed by atoms with E-state index >= 15 is 0 Å². The average Bonchev–Trinajstić information content (AvgIpc) is 2.78. The normalized spacial score (nSPS) is 18.9. The molecule has 0 aliphatic carbocycles. The van der Waals surface area contributed by atoms with E-state index in [0.29, 0.717) is 6.04 Å². The van der Waals surface area contributed by atoms with E-state index < -0.39 is 0 Å². The molecule has 3 rings (SSSR count). The minimum Gasteiger partial charge on any atom is -0.354 e. The maximum atomic E-state index is 4.28. The summed E-state index contributed by atoms with van der Waals surface area (Å²) in [7, 11) is 0. The van der Waals surface area contributed by atoms with Crippen LogP contribution < -0.4 is 5.32 Å². The van der Waals surface area contributed by atoms with Crippen LogP contribution in [0.2, 0.25) is 0 Å². The van der Waals surface area contributed by atoms with Crippen LogP contribution in [0.4, 0.5) is 5.95 Å². The molecule has 1 aromatic carbocycles. The molecule has 1 atom stereocenters. The van der Waals surface area contributed by atoms with Gasteiger partial charge < -0.3 is 5.32 Å². The molecule has 1 unspecified atom stereocenters. The Morgan fingerprint density at radius 3 is 2.94 bits per heavy atom. The molecule has 0 spiro atoms. The fourth-order valence-corrected chi connectivity index (χ4v) is 2.14. The highest BCUT2D eigenvalue weighted by atomic mass is 15.4. The van der Waals surface area contributed by atoms with Crippen LogP contribution in [-0.2, 0) is 0 Å². The molecule has 16 heavy (non-hydrogen) atoms. The molecule has 1 aliphatic heterocycles. The maximum absolute atomic E-state index is 4.28. The number of nitrogens with zero attached hydrogens (tertiary/aromatic N) is 3. The van der Waals surface area contributed by atoms with Gasteiger partial charge in [0.1, 0.15) is 6.33 Å². The first-order chi connectivity index (χ1) is 7.84. The van der Waals surface area contributed by atoms with E-state index in [-0.39, 0.29) is 0 Å². The van der Waals surface area contributed by atoms with E-state index in [2.05, 4.69) is 46.6 Å². The van der Waals surface area contributed by atoms with Crippen molar-refractivity contribution in [3.05, 3.63) is 41.7 Å². The van der Waals surface area contributed by atoms with Crippen molar-refractivity contribution in [3.63, 3.8) is 0 Å². The summed E-state index contributed by atoms with van der Waals surface area (Å²) >= 11 is 0. The van der Waals surface area contributed by atoms with Gasteiger partial charge in [0.2, 0.25) is 5.95 Å². The molecule has 0 fully saturated rings. The molecule has 82 valence electrons. The topological polar surface area (TPSA) is 42.7 Å². The van der Waals surface area contributed by atoms with Gasteiger partial charge in [-0.25, -0.2) is 4.68 Å². The van der Waals surface area contributed by atoms with Crippen molar-refractivity contribution in [2.45, 2.75) is 19.4 Å². The molecule has 0 saturated carbocycles. The molecule has 1 aromatic heterocycles. The van der Waals surface area contributed by atoms with E-state index in [0.717, 1.165) is 18.9 Å². The van der Waals surface area contributed by atoms with Gasteiger partial charge in [-0.3, -0.25) is 0 Å². The van der Waals surface area contributed by atoms with E-state index in [4.69, 9.17) is 0 Å². The standard InChI is InChI=1S/C12H14N4/c1-9-2-4-10(5-3-9)11-6-7-13-12-14-8-15-16(11)12/h2-5,8,11H,6-7H2,1H3,(H,13,14,15). The molecule has 4 nitrogen and oxygen atoms in total. The Balaban J connectivity index is 2.00. The molecule has 0 bridgehead atoms. The molecule has 4 heteroatoms. The molecule has 0 amide bonds. The molecular weight excluding hydrogens is 200 g/mol. The van der Waals surface area contributed by atoms with Crippen molar-refractivity contribution in [3.8, 4) is 0 Å². The molecule has 1 aliphatic rings. The van der Waals surface area contributed by atoms with Crippen LogP contribution in [0.3, 0.4) is 0 Å². The van der Waals surface area contributed by atoms with Crippen molar-refractivity contribution < 1.29 is 0 Å². The number of hydrogen-bond donors (Lipinski definition) is 1. The Morgan fingerprint density at radius 2 is 2.12 bits per heavy atom. The Labute approximate surface area is 94.3 Å². The minimum absolute atomic E-state index is 0.319. The number of aryl methyl sites for hydroxylation is 1. The lowest BCUT2D eigenvalue weighted by atomic mass is 10.0. The van der Waals surface area contributed by atoms with Gasteiger partial charge in [-0.15, -0.1) is 0 Å². The van der Waals surface area contributed by atoms with Crippen molar-refractivity contribution >= 4 is 5.95 Å². The molecule has 2 aromatic rings. The predicted octanol–water partition coefficient (Wildman–Crippen LogP) is 1.99. The molecule has 1 N–H and O–H groups in total. The van der Waals surface area contributed by atoms with Crippen LogP contribution in [0.1, 0.15) is 23.6 Å². The zero-order valence-corrected chi connectivity index (χ0v) is 9.22. The first kappa shape index (κ1) is 9.39. The van der Waals surface area contributed by atoms with Gasteiger partial charge in [-0.1, -0.05) is 29.8 Å². The monoisotopic (exact) mass is 214 g/mol. The van der Waals surface area contributed by atoms with Crippen LogP contribution >= 0.6 is 0 Å². The second-order valence-corrected chi connectivity index (χ2v) is 4.17. The quantitative estimate of drug-likeness (QED) is 0.789. The zero-order valence-electron chi connectivity index (χ0n) is 9.22. The van der Waals surface area contributed by atoms with E-state index in [9.17, 15) is 0 Å². The Kier molecular flexibility index (Phi) is 2.13. The van der Waals surface area contributed by atoms with Gasteiger partial charge in [-0.05, 0) is 18.9 Å². The smallest absolute Gasteiger partial charge is 0.221 e. The molecule has 0 radical (unpaired) electrons. The summed E-state index contributed by atoms with van der Waals surface area (Å²) in [6, 6.07) is 8.97. The largest absolute Gasteiger partial charge is 0.354 e. The van der Waals surface area contributed by atoms with Crippen LogP contribution in [0.5, 0.6) is 0 Å². The number of nitrogens with one attached hydrogen (secondary N) is 1. The third-order valence-corrected chi connectivity index (χ3v) is 3.03. The Morgan fingerprint density at radius 1 is 1.31 bits per heavy atom. The first-order valence-corrected chi connectivity index (χ1v) is 5.54. The lowest BCUT2D eigenvalue weighted by Gasteiger charge is -2.24. The van der Waals surface area contributed by atoms with Crippen LogP contribution in [-0.4, -0.2) is 21.3 Å². The lowest BCUT2D eigenvalue weighted by molar-refractivity contribution is 0.480. The second-order valence-electron chi connectivity index (χ2n) is 4.17. The number of benzene rings is 1. The summed E-state index contributed by atoms with van der Waals surface area (Å²) in [5, 5.41) is 7.52. The highest BCUT2D eigenvalue weighted by Gasteiger charge is 2.21. The van der Waals surface area contributed by atoms with Crippen molar-refractivity contribution in [2.75, 3.05) is 11.9 Å². The van der Waals surface area contributed by atoms with Crippen molar-refractivity contribution in [2.24, 2.45) is 0 Å². The Hall–Kier alpha value is -1.84. The summed E-state index contributed by atoms with van der Waals surface area (Å²) in [4.78, 5) is 4.19. The second kappa shape index (κ2) is 3.63. The van der Waals surface area contributed by atoms with Gasteiger partial charge in [0, 0.05) is 6.54 Å². The first-order valence-electron chi connectivity index (χ1n) is 5.54. The summed E-state index contributed by atoms with van der Waals surface area (Å²) in [5.41, 5.74) is 2.59. The summed E-state index contributed by atoms with van der Waals surface area (Å²) in [5.74, 6) is 0.872. The highest BCUT2D eigenvalue weighted by molar-refractivity contribution is 5.32. The van der Waals surface area contributed by atoms with Crippen molar-refractivity contribution in [1.29, 1.82) is 0 Å². The van der Waals surface area contributed by atoms with E-state index in [1.165, 1.54) is 11.1 Å². The maximum Gasteiger partial charge on any atom is 0.221 e. The van der Waals surface area contributed by atoms with Crippen molar-refractivity contribution in [1.82, 2.24) is 14.8 Å². The SMILES string of the molecule is Cc1ccc(C2CCNc3ncnn32)cc1. The van der Waals surface area contributed by atoms with Crippen LogP contribution in [0.25, 0.3) is 0 Å². The third kappa shape index (κ3) is 1.46. The number of rotatable bonds is 1. The van der Waals surface area contributed by atoms with Gasteiger partial charge in [0.05, 0.1) is 6.04 Å². The zero-order chi connectivity index (χ0) is 11.0. The number of fused-ring (bicyclic) bond motifs is 1. The third-order valence-electron chi connectivity index (χ3n) is 3.03. The fourth-order valence-electron chi connectivity index (χ4n) is 2.14. The predicted molar refractivity (Wildman–Crippen MR) is 62.4 cm³/mol. The van der Waals surface area contributed by atoms with Gasteiger partial charge in [0.25, 0.3) is 0 Å². The molecule has 2 heterocycles. The number of anilines is 1. The summed E-state index contributed by atoms with van der Waals surface area (Å²) in [6.07, 6.45) is 2.66. The number of hydrogen-bond acceptors (Lipinski definition) is 3. The highest BCUT2D eigenvalue weighted by Crippen LogP contribution is 2.27. The minimum atomic E-state index is 0.319. The lowest BCUT2D eigenvalue weighted by Crippen LogP contribution is -2.24. The van der Waals surface area contributed by atoms with E-state index in [1.807, 2.05) is 4.68 Å². The summed E-state index contributed by atoms with van der Waals surface area (Å²) in [6.45, 7) is 3.06. The molecular formula is C12H14N4. The summed E-state index contributed by atoms with van der Waals surface area (Å²) < 4.78 is 1.97. The van der Waals surface area contributed by atoms with E-state index in [1.54, 1.807) is 6.33 Å². The fraction of sp³-hybridized carbons (Fsp3) is 0.333.